The van der Waals surface area contributed by atoms with Crippen LogP contribution in [-0.4, -0.2) is 24.0 Å². The summed E-state index contributed by atoms with van der Waals surface area (Å²) >= 11 is 1.55. The van der Waals surface area contributed by atoms with Crippen molar-refractivity contribution in [1.29, 1.82) is 0 Å². The Balaban J connectivity index is 1.42. The zero-order valence-electron chi connectivity index (χ0n) is 17.3. The summed E-state index contributed by atoms with van der Waals surface area (Å²) in [6.45, 7) is 4.10. The number of sulfone groups is 1. The summed E-state index contributed by atoms with van der Waals surface area (Å²) in [5.41, 5.74) is 3.29. The van der Waals surface area contributed by atoms with Crippen molar-refractivity contribution in [3.63, 3.8) is 0 Å². The first-order valence-corrected chi connectivity index (χ1v) is 12.6. The zero-order chi connectivity index (χ0) is 21.6. The van der Waals surface area contributed by atoms with E-state index in [2.05, 4.69) is 23.8 Å². The first-order chi connectivity index (χ1) is 14.8. The summed E-state index contributed by atoms with van der Waals surface area (Å²) in [7, 11) is -3.48. The van der Waals surface area contributed by atoms with E-state index >= 15 is 0 Å². The molecule has 4 aromatic rings. The third-order valence-corrected chi connectivity index (χ3v) is 8.24. The molecule has 0 fully saturated rings. The van der Waals surface area contributed by atoms with Crippen molar-refractivity contribution in [1.82, 2.24) is 9.97 Å². The molecule has 0 radical (unpaired) electrons. The first kappa shape index (κ1) is 20.2. The van der Waals surface area contributed by atoms with E-state index in [9.17, 15) is 8.42 Å². The summed E-state index contributed by atoms with van der Waals surface area (Å²) in [5, 5.41) is 0.857. The van der Waals surface area contributed by atoms with Gasteiger partial charge in [-0.05, 0) is 68.1 Å². The van der Waals surface area contributed by atoms with Crippen molar-refractivity contribution >= 4 is 31.4 Å². The minimum absolute atomic E-state index is 0.0571. The molecule has 5 nitrogen and oxygen atoms in total. The minimum atomic E-state index is -3.48. The van der Waals surface area contributed by atoms with Crippen molar-refractivity contribution in [2.75, 3.05) is 0 Å². The van der Waals surface area contributed by atoms with E-state index in [-0.39, 0.29) is 11.4 Å². The SMILES string of the molecule is CC1(C)CCc2cc(S(=O)(=O)Cc3cccc(-c4nc5ccncc5s4)c3)ccc2O1. The lowest BCUT2D eigenvalue weighted by molar-refractivity contribution is 0.0845. The summed E-state index contributed by atoms with van der Waals surface area (Å²) in [6.07, 6.45) is 5.20. The fraction of sp³-hybridized carbons (Fsp3) is 0.250. The molecule has 3 heterocycles. The molecule has 5 rings (SSSR count). The highest BCUT2D eigenvalue weighted by Gasteiger charge is 2.28. The molecule has 0 N–H and O–H groups in total. The van der Waals surface area contributed by atoms with Gasteiger partial charge in [0, 0.05) is 18.0 Å². The topological polar surface area (TPSA) is 69.2 Å². The Labute approximate surface area is 185 Å². The predicted molar refractivity (Wildman–Crippen MR) is 123 cm³/mol. The van der Waals surface area contributed by atoms with Gasteiger partial charge in [0.2, 0.25) is 0 Å². The number of nitrogens with zero attached hydrogens (tertiary/aromatic N) is 2. The van der Waals surface area contributed by atoms with Gasteiger partial charge in [0.25, 0.3) is 0 Å². The summed E-state index contributed by atoms with van der Waals surface area (Å²) in [6, 6.07) is 14.7. The van der Waals surface area contributed by atoms with Gasteiger partial charge in [-0.3, -0.25) is 4.98 Å². The number of thiazole rings is 1. The van der Waals surface area contributed by atoms with Crippen molar-refractivity contribution in [2.45, 2.75) is 42.9 Å². The first-order valence-electron chi connectivity index (χ1n) is 10.1. The van der Waals surface area contributed by atoms with Crippen molar-refractivity contribution < 1.29 is 13.2 Å². The van der Waals surface area contributed by atoms with Gasteiger partial charge in [-0.25, -0.2) is 13.4 Å². The highest BCUT2D eigenvalue weighted by Crippen LogP contribution is 2.35. The van der Waals surface area contributed by atoms with Crippen LogP contribution in [0.2, 0.25) is 0 Å². The fourth-order valence-electron chi connectivity index (χ4n) is 3.83. The van der Waals surface area contributed by atoms with Crippen LogP contribution >= 0.6 is 11.3 Å². The van der Waals surface area contributed by atoms with Crippen LogP contribution in [0.25, 0.3) is 20.8 Å². The number of aromatic nitrogens is 2. The van der Waals surface area contributed by atoms with Crippen LogP contribution in [-0.2, 0) is 22.0 Å². The maximum atomic E-state index is 13.1. The minimum Gasteiger partial charge on any atom is -0.488 e. The average molecular weight is 451 g/mol. The Hall–Kier alpha value is -2.77. The number of hydrogen-bond acceptors (Lipinski definition) is 6. The van der Waals surface area contributed by atoms with Crippen LogP contribution in [0.4, 0.5) is 0 Å². The number of ether oxygens (including phenoxy) is 1. The monoisotopic (exact) mass is 450 g/mol. The van der Waals surface area contributed by atoms with Gasteiger partial charge >= 0.3 is 0 Å². The molecule has 2 aromatic carbocycles. The van der Waals surface area contributed by atoms with Gasteiger partial charge in [0.15, 0.2) is 9.84 Å². The summed E-state index contributed by atoms with van der Waals surface area (Å²) < 4.78 is 33.3. The summed E-state index contributed by atoms with van der Waals surface area (Å²) in [5.74, 6) is 0.723. The van der Waals surface area contributed by atoms with Gasteiger partial charge in [-0.1, -0.05) is 18.2 Å². The second-order valence-electron chi connectivity index (χ2n) is 8.45. The number of rotatable bonds is 4. The smallest absolute Gasteiger partial charge is 0.182 e. The molecule has 0 amide bonds. The number of fused-ring (bicyclic) bond motifs is 2. The van der Waals surface area contributed by atoms with E-state index < -0.39 is 9.84 Å². The zero-order valence-corrected chi connectivity index (χ0v) is 19.0. The van der Waals surface area contributed by atoms with Gasteiger partial charge in [0.1, 0.15) is 16.4 Å². The highest BCUT2D eigenvalue weighted by molar-refractivity contribution is 7.90. The van der Waals surface area contributed by atoms with Crippen molar-refractivity contribution in [2.24, 2.45) is 0 Å². The molecule has 2 aromatic heterocycles. The number of pyridine rings is 1. The van der Waals surface area contributed by atoms with Crippen LogP contribution in [0.1, 0.15) is 31.4 Å². The van der Waals surface area contributed by atoms with E-state index in [0.717, 1.165) is 50.5 Å². The molecule has 31 heavy (non-hydrogen) atoms. The van der Waals surface area contributed by atoms with Crippen LogP contribution < -0.4 is 4.74 Å². The second-order valence-corrected chi connectivity index (χ2v) is 11.5. The normalized spacial score (nSPS) is 15.4. The Morgan fingerprint density at radius 2 is 2.00 bits per heavy atom. The third-order valence-electron chi connectivity index (χ3n) is 5.50. The van der Waals surface area contributed by atoms with Crippen molar-refractivity contribution in [3.05, 3.63) is 72.1 Å². The lowest BCUT2D eigenvalue weighted by atomic mass is 9.94. The standard InChI is InChI=1S/C24H22N2O3S2/c1-24(2)10-8-17-13-19(6-7-21(17)29-24)31(27,28)15-16-4-3-5-18(12-16)23-26-20-9-11-25-14-22(20)30-23/h3-7,9,11-14H,8,10,15H2,1-2H3. The number of hydrogen-bond donors (Lipinski definition) is 0. The molecular formula is C24H22N2O3S2. The third kappa shape index (κ3) is 4.07. The lowest BCUT2D eigenvalue weighted by Crippen LogP contribution is -2.32. The van der Waals surface area contributed by atoms with E-state index in [0.29, 0.717) is 4.90 Å². The van der Waals surface area contributed by atoms with Crippen LogP contribution in [0, 0.1) is 0 Å². The summed E-state index contributed by atoms with van der Waals surface area (Å²) in [4.78, 5) is 9.13. The van der Waals surface area contributed by atoms with Crippen LogP contribution in [0.15, 0.2) is 65.8 Å². The Bertz CT molecular complexity index is 1360. The van der Waals surface area contributed by atoms with Gasteiger partial charge in [-0.2, -0.15) is 0 Å². The molecule has 1 aliphatic rings. The highest BCUT2D eigenvalue weighted by atomic mass is 32.2. The molecule has 0 saturated carbocycles. The Morgan fingerprint density at radius 1 is 1.13 bits per heavy atom. The van der Waals surface area contributed by atoms with Gasteiger partial charge in [0.05, 0.1) is 20.9 Å². The maximum Gasteiger partial charge on any atom is 0.182 e. The van der Waals surface area contributed by atoms with Crippen LogP contribution in [0.3, 0.4) is 0 Å². The van der Waals surface area contributed by atoms with E-state index in [1.54, 1.807) is 41.9 Å². The van der Waals surface area contributed by atoms with Gasteiger partial charge in [-0.15, -0.1) is 11.3 Å². The molecule has 0 atom stereocenters. The average Bonchev–Trinajstić information content (AvgIpc) is 3.17. The lowest BCUT2D eigenvalue weighted by Gasteiger charge is -2.32. The molecule has 0 spiro atoms. The van der Waals surface area contributed by atoms with E-state index in [4.69, 9.17) is 4.74 Å². The molecule has 0 saturated heterocycles. The molecule has 1 aliphatic heterocycles. The maximum absolute atomic E-state index is 13.1. The van der Waals surface area contributed by atoms with Crippen LogP contribution in [0.5, 0.6) is 5.75 Å². The fourth-order valence-corrected chi connectivity index (χ4v) is 6.14. The van der Waals surface area contributed by atoms with Gasteiger partial charge < -0.3 is 4.74 Å². The molecule has 0 aliphatic carbocycles. The Morgan fingerprint density at radius 3 is 2.84 bits per heavy atom. The molecule has 0 bridgehead atoms. The molecule has 158 valence electrons. The van der Waals surface area contributed by atoms with E-state index in [1.165, 1.54) is 0 Å². The predicted octanol–water partition coefficient (Wildman–Crippen LogP) is 5.44. The number of aryl methyl sites for hydroxylation is 1. The second kappa shape index (κ2) is 7.43. The molecule has 0 unspecified atom stereocenters. The van der Waals surface area contributed by atoms with E-state index in [1.807, 2.05) is 30.3 Å². The number of benzene rings is 2. The largest absolute Gasteiger partial charge is 0.488 e. The molecule has 7 heteroatoms. The molecular weight excluding hydrogens is 428 g/mol. The quantitative estimate of drug-likeness (QED) is 0.414. The van der Waals surface area contributed by atoms with Crippen molar-refractivity contribution in [3.8, 4) is 16.3 Å². The Kier molecular flexibility index (Phi) is 4.83.